The molecule has 1 aromatic carbocycles. The summed E-state index contributed by atoms with van der Waals surface area (Å²) in [5.41, 5.74) is 2.03. The highest BCUT2D eigenvalue weighted by Gasteiger charge is 2.21. The van der Waals surface area contributed by atoms with E-state index in [1.54, 1.807) is 7.11 Å². The molecule has 1 amide bonds. The second-order valence-corrected chi connectivity index (χ2v) is 7.27. The highest BCUT2D eigenvalue weighted by Crippen LogP contribution is 2.15. The van der Waals surface area contributed by atoms with Crippen molar-refractivity contribution in [2.24, 2.45) is 4.99 Å². The van der Waals surface area contributed by atoms with Gasteiger partial charge in [0.15, 0.2) is 5.96 Å². The molecule has 0 aliphatic carbocycles. The quantitative estimate of drug-likeness (QED) is 0.356. The van der Waals surface area contributed by atoms with Gasteiger partial charge in [0, 0.05) is 59.1 Å². The number of guanidine groups is 1. The summed E-state index contributed by atoms with van der Waals surface area (Å²) >= 11 is 0. The average Bonchev–Trinajstić information content (AvgIpc) is 2.72. The van der Waals surface area contributed by atoms with Gasteiger partial charge in [-0.05, 0) is 50.3 Å². The monoisotopic (exact) mass is 404 g/mol. The largest absolute Gasteiger partial charge is 0.385 e. The van der Waals surface area contributed by atoms with Crippen molar-refractivity contribution in [2.75, 3.05) is 51.8 Å². The number of anilines is 1. The maximum Gasteiger partial charge on any atom is 0.221 e. The summed E-state index contributed by atoms with van der Waals surface area (Å²) in [5.74, 6) is 0.932. The molecule has 1 aliphatic heterocycles. The number of likely N-dealkylation sites (tertiary alicyclic amines) is 1. The van der Waals surface area contributed by atoms with E-state index < -0.39 is 0 Å². The van der Waals surface area contributed by atoms with Gasteiger partial charge in [-0.2, -0.15) is 0 Å². The number of carbonyl (C=O) groups is 1. The molecule has 0 aromatic heterocycles. The zero-order valence-electron chi connectivity index (χ0n) is 18.1. The molecule has 2 rings (SSSR count). The van der Waals surface area contributed by atoms with Crippen LogP contribution in [0.1, 0.15) is 38.7 Å². The summed E-state index contributed by atoms with van der Waals surface area (Å²) in [6.07, 6.45) is 4.22. The van der Waals surface area contributed by atoms with E-state index in [0.29, 0.717) is 6.10 Å². The Hall–Kier alpha value is -2.12. The van der Waals surface area contributed by atoms with Crippen LogP contribution >= 0.6 is 0 Å². The second-order valence-electron chi connectivity index (χ2n) is 7.27. The fourth-order valence-electron chi connectivity index (χ4n) is 3.36. The van der Waals surface area contributed by atoms with Gasteiger partial charge >= 0.3 is 0 Å². The van der Waals surface area contributed by atoms with Gasteiger partial charge in [-0.1, -0.05) is 12.1 Å². The fraction of sp³-hybridized carbons (Fsp3) is 0.636. The first-order chi connectivity index (χ1) is 14.1. The van der Waals surface area contributed by atoms with Crippen molar-refractivity contribution < 1.29 is 14.3 Å². The van der Waals surface area contributed by atoms with Crippen LogP contribution in [0.4, 0.5) is 5.69 Å². The molecular formula is C22H36N4O3. The van der Waals surface area contributed by atoms with Gasteiger partial charge in [-0.25, -0.2) is 0 Å². The van der Waals surface area contributed by atoms with Crippen LogP contribution in [-0.2, 0) is 20.7 Å². The van der Waals surface area contributed by atoms with E-state index in [9.17, 15) is 4.79 Å². The first-order valence-corrected chi connectivity index (χ1v) is 10.6. The van der Waals surface area contributed by atoms with E-state index in [1.807, 2.05) is 24.3 Å². The minimum atomic E-state index is -0.0539. The van der Waals surface area contributed by atoms with E-state index in [0.717, 1.165) is 76.7 Å². The van der Waals surface area contributed by atoms with E-state index in [2.05, 4.69) is 22.5 Å². The molecule has 0 unspecified atom stereocenters. The van der Waals surface area contributed by atoms with Crippen LogP contribution in [0.5, 0.6) is 0 Å². The maximum atomic E-state index is 11.1. The molecule has 0 radical (unpaired) electrons. The van der Waals surface area contributed by atoms with Gasteiger partial charge in [0.1, 0.15) is 0 Å². The van der Waals surface area contributed by atoms with E-state index in [4.69, 9.17) is 14.5 Å². The molecule has 7 heteroatoms. The molecule has 0 spiro atoms. The predicted molar refractivity (Wildman–Crippen MR) is 117 cm³/mol. The first kappa shape index (κ1) is 23.2. The third-order valence-electron chi connectivity index (χ3n) is 4.86. The van der Waals surface area contributed by atoms with Crippen LogP contribution in [-0.4, -0.2) is 69.4 Å². The zero-order valence-corrected chi connectivity index (χ0v) is 18.1. The Balaban J connectivity index is 1.78. The molecule has 2 N–H and O–H groups in total. The summed E-state index contributed by atoms with van der Waals surface area (Å²) in [4.78, 5) is 18.3. The Morgan fingerprint density at radius 2 is 1.93 bits per heavy atom. The van der Waals surface area contributed by atoms with Crippen molar-refractivity contribution in [2.45, 2.75) is 45.6 Å². The number of carbonyl (C=O) groups excluding carboxylic acids is 1. The molecule has 7 nitrogen and oxygen atoms in total. The number of aliphatic imine (C=N–C) groups is 1. The smallest absolute Gasteiger partial charge is 0.221 e. The molecule has 0 bridgehead atoms. The van der Waals surface area contributed by atoms with Crippen LogP contribution in [0.3, 0.4) is 0 Å². The Labute approximate surface area is 174 Å². The molecule has 1 aromatic rings. The van der Waals surface area contributed by atoms with Crippen molar-refractivity contribution in [3.8, 4) is 0 Å². The lowest BCUT2D eigenvalue weighted by Gasteiger charge is -2.34. The molecule has 162 valence electrons. The van der Waals surface area contributed by atoms with Gasteiger partial charge in [0.25, 0.3) is 0 Å². The second kappa shape index (κ2) is 13.2. The topological polar surface area (TPSA) is 75.2 Å². The molecule has 1 saturated heterocycles. The molecule has 0 atom stereocenters. The first-order valence-electron chi connectivity index (χ1n) is 10.6. The maximum absolute atomic E-state index is 11.1. The SMILES string of the molecule is CCNC(=NCCc1ccc(NC(C)=O)cc1)N1CCC(OCCCOC)CC1. The number of ether oxygens (including phenoxy) is 2. The standard InChI is InChI=1S/C22H36N4O3/c1-4-23-22(26-14-11-21(12-15-26)29-17-5-16-28-3)24-13-10-19-6-8-20(9-7-19)25-18(2)27/h6-9,21H,4-5,10-17H2,1-3H3,(H,23,24)(H,25,27). The van der Waals surface area contributed by atoms with Gasteiger partial charge in [-0.3, -0.25) is 9.79 Å². The Bertz CT molecular complexity index is 625. The summed E-state index contributed by atoms with van der Waals surface area (Å²) in [7, 11) is 1.72. The van der Waals surface area contributed by atoms with Crippen molar-refractivity contribution in [3.05, 3.63) is 29.8 Å². The van der Waals surface area contributed by atoms with Gasteiger partial charge in [-0.15, -0.1) is 0 Å². The number of nitrogens with zero attached hydrogens (tertiary/aromatic N) is 2. The summed E-state index contributed by atoms with van der Waals surface area (Å²) < 4.78 is 11.0. The highest BCUT2D eigenvalue weighted by atomic mass is 16.5. The summed E-state index contributed by atoms with van der Waals surface area (Å²) in [5, 5.41) is 6.20. The Kier molecular flexibility index (Phi) is 10.5. The van der Waals surface area contributed by atoms with Gasteiger partial charge in [0.2, 0.25) is 5.91 Å². The lowest BCUT2D eigenvalue weighted by atomic mass is 10.1. The Morgan fingerprint density at radius 1 is 1.21 bits per heavy atom. The number of nitrogens with one attached hydrogen (secondary N) is 2. The molecule has 1 fully saturated rings. The van der Waals surface area contributed by atoms with Crippen LogP contribution in [0.2, 0.25) is 0 Å². The number of rotatable bonds is 10. The predicted octanol–water partition coefficient (Wildman–Crippen LogP) is 2.67. The van der Waals surface area contributed by atoms with Gasteiger partial charge < -0.3 is 25.0 Å². The van der Waals surface area contributed by atoms with E-state index >= 15 is 0 Å². The number of methoxy groups -OCH3 is 1. The third kappa shape index (κ3) is 8.83. The minimum absolute atomic E-state index is 0.0539. The van der Waals surface area contributed by atoms with Crippen molar-refractivity contribution in [1.29, 1.82) is 0 Å². The fourth-order valence-corrected chi connectivity index (χ4v) is 3.36. The molecule has 1 aliphatic rings. The normalized spacial score (nSPS) is 15.4. The van der Waals surface area contributed by atoms with Gasteiger partial charge in [0.05, 0.1) is 6.10 Å². The molecule has 1 heterocycles. The van der Waals surface area contributed by atoms with Crippen LogP contribution < -0.4 is 10.6 Å². The lowest BCUT2D eigenvalue weighted by Crippen LogP contribution is -2.47. The van der Waals surface area contributed by atoms with Crippen LogP contribution in [0, 0.1) is 0 Å². The third-order valence-corrected chi connectivity index (χ3v) is 4.86. The number of hydrogen-bond acceptors (Lipinski definition) is 4. The van der Waals surface area contributed by atoms with Crippen LogP contribution in [0.25, 0.3) is 0 Å². The number of benzene rings is 1. The number of piperidine rings is 1. The molecular weight excluding hydrogens is 368 g/mol. The van der Waals surface area contributed by atoms with E-state index in [1.165, 1.54) is 12.5 Å². The lowest BCUT2D eigenvalue weighted by molar-refractivity contribution is -0.114. The molecule has 0 saturated carbocycles. The summed E-state index contributed by atoms with van der Waals surface area (Å²) in [6.45, 7) is 8.66. The van der Waals surface area contributed by atoms with E-state index in [-0.39, 0.29) is 5.91 Å². The number of hydrogen-bond donors (Lipinski definition) is 2. The van der Waals surface area contributed by atoms with Crippen LogP contribution in [0.15, 0.2) is 29.3 Å². The van der Waals surface area contributed by atoms with Crippen molar-refractivity contribution in [3.63, 3.8) is 0 Å². The molecule has 29 heavy (non-hydrogen) atoms. The Morgan fingerprint density at radius 3 is 2.55 bits per heavy atom. The van der Waals surface area contributed by atoms with Crippen molar-refractivity contribution >= 4 is 17.6 Å². The average molecular weight is 405 g/mol. The number of amides is 1. The summed E-state index contributed by atoms with van der Waals surface area (Å²) in [6, 6.07) is 7.95. The minimum Gasteiger partial charge on any atom is -0.385 e. The van der Waals surface area contributed by atoms with Crippen molar-refractivity contribution in [1.82, 2.24) is 10.2 Å². The zero-order chi connectivity index (χ0) is 20.9. The highest BCUT2D eigenvalue weighted by molar-refractivity contribution is 5.88.